The molecule has 22 heavy (non-hydrogen) atoms. The van der Waals surface area contributed by atoms with Gasteiger partial charge in [-0.1, -0.05) is 0 Å². The number of ether oxygens (including phenoxy) is 2. The Balaban J connectivity index is 2.10. The fourth-order valence-electron chi connectivity index (χ4n) is 1.95. The molecular weight excluding hydrogens is 310 g/mol. The van der Waals surface area contributed by atoms with E-state index in [9.17, 15) is 18.0 Å². The summed E-state index contributed by atoms with van der Waals surface area (Å²) < 4.78 is 36.0. The Kier molecular flexibility index (Phi) is 5.28. The first-order chi connectivity index (χ1) is 10.4. The van der Waals surface area contributed by atoms with Gasteiger partial charge in [0.05, 0.1) is 23.7 Å². The average Bonchev–Trinajstić information content (AvgIpc) is 2.53. The van der Waals surface area contributed by atoms with Gasteiger partial charge in [0.1, 0.15) is 6.61 Å². The van der Waals surface area contributed by atoms with E-state index in [2.05, 4.69) is 0 Å². The fourth-order valence-corrected chi connectivity index (χ4v) is 3.36. The first kappa shape index (κ1) is 16.6. The van der Waals surface area contributed by atoms with Crippen molar-refractivity contribution >= 4 is 21.8 Å². The minimum absolute atomic E-state index is 0.109. The standard InChI is InChI=1S/C14H17NO6S/c1-11(16)10-21-14(17)12-2-4-13(5-3-12)22(18,19)15-6-8-20-9-7-15/h2-5H,6-10H2,1H3. The van der Waals surface area contributed by atoms with Gasteiger partial charge in [0, 0.05) is 13.1 Å². The number of carbonyl (C=O) groups is 2. The summed E-state index contributed by atoms with van der Waals surface area (Å²) in [5.74, 6) is -0.926. The van der Waals surface area contributed by atoms with Crippen LogP contribution in [0.25, 0.3) is 0 Å². The maximum Gasteiger partial charge on any atom is 0.338 e. The van der Waals surface area contributed by atoms with Crippen molar-refractivity contribution in [3.05, 3.63) is 29.8 Å². The minimum Gasteiger partial charge on any atom is -0.454 e. The molecule has 0 aromatic heterocycles. The highest BCUT2D eigenvalue weighted by molar-refractivity contribution is 7.89. The second-order valence-corrected chi connectivity index (χ2v) is 6.76. The van der Waals surface area contributed by atoms with Crippen LogP contribution in [0.2, 0.25) is 0 Å². The van der Waals surface area contributed by atoms with Gasteiger partial charge in [-0.15, -0.1) is 0 Å². The Labute approximate surface area is 128 Å². The molecule has 8 heteroatoms. The number of rotatable bonds is 5. The lowest BCUT2D eigenvalue weighted by molar-refractivity contribution is -0.120. The highest BCUT2D eigenvalue weighted by Crippen LogP contribution is 2.18. The number of sulfonamides is 1. The van der Waals surface area contributed by atoms with E-state index >= 15 is 0 Å². The third kappa shape index (κ3) is 3.90. The monoisotopic (exact) mass is 327 g/mol. The van der Waals surface area contributed by atoms with Crippen molar-refractivity contribution in [3.63, 3.8) is 0 Å². The van der Waals surface area contributed by atoms with Crippen LogP contribution in [0.4, 0.5) is 0 Å². The van der Waals surface area contributed by atoms with Crippen LogP contribution in [0.1, 0.15) is 17.3 Å². The second-order valence-electron chi connectivity index (χ2n) is 4.82. The lowest BCUT2D eigenvalue weighted by Crippen LogP contribution is -2.40. The van der Waals surface area contributed by atoms with Crippen molar-refractivity contribution in [2.45, 2.75) is 11.8 Å². The second kappa shape index (κ2) is 6.99. The smallest absolute Gasteiger partial charge is 0.338 e. The first-order valence-corrected chi connectivity index (χ1v) is 8.20. The molecule has 1 heterocycles. The average molecular weight is 327 g/mol. The van der Waals surface area contributed by atoms with Gasteiger partial charge >= 0.3 is 5.97 Å². The van der Waals surface area contributed by atoms with Crippen LogP contribution in [0.5, 0.6) is 0 Å². The van der Waals surface area contributed by atoms with Gasteiger partial charge in [-0.3, -0.25) is 4.79 Å². The molecule has 2 rings (SSSR count). The van der Waals surface area contributed by atoms with Crippen molar-refractivity contribution in [1.82, 2.24) is 4.31 Å². The van der Waals surface area contributed by atoms with E-state index in [1.54, 1.807) is 0 Å². The number of esters is 1. The van der Waals surface area contributed by atoms with Crippen LogP contribution >= 0.6 is 0 Å². The maximum atomic E-state index is 12.4. The minimum atomic E-state index is -3.58. The van der Waals surface area contributed by atoms with Crippen LogP contribution in [0.3, 0.4) is 0 Å². The van der Waals surface area contributed by atoms with Gasteiger partial charge in [-0.25, -0.2) is 13.2 Å². The number of hydrogen-bond donors (Lipinski definition) is 0. The predicted molar refractivity (Wildman–Crippen MR) is 77.0 cm³/mol. The largest absolute Gasteiger partial charge is 0.454 e. The molecule has 0 amide bonds. The quantitative estimate of drug-likeness (QED) is 0.730. The summed E-state index contributed by atoms with van der Waals surface area (Å²) in [4.78, 5) is 22.5. The zero-order valence-corrected chi connectivity index (χ0v) is 13.0. The highest BCUT2D eigenvalue weighted by atomic mass is 32.2. The molecule has 0 spiro atoms. The number of carbonyl (C=O) groups excluding carboxylic acids is 2. The summed E-state index contributed by atoms with van der Waals surface area (Å²) >= 11 is 0. The van der Waals surface area contributed by atoms with Crippen LogP contribution in [-0.4, -0.2) is 57.4 Å². The van der Waals surface area contributed by atoms with Crippen LogP contribution in [0.15, 0.2) is 29.2 Å². The van der Waals surface area contributed by atoms with Crippen molar-refractivity contribution in [1.29, 1.82) is 0 Å². The fraction of sp³-hybridized carbons (Fsp3) is 0.429. The maximum absolute atomic E-state index is 12.4. The van der Waals surface area contributed by atoms with E-state index in [-0.39, 0.29) is 22.8 Å². The zero-order valence-electron chi connectivity index (χ0n) is 12.1. The van der Waals surface area contributed by atoms with E-state index < -0.39 is 16.0 Å². The molecule has 1 aromatic carbocycles. The SMILES string of the molecule is CC(=O)COC(=O)c1ccc(S(=O)(=O)N2CCOCC2)cc1. The molecule has 1 aliphatic heterocycles. The zero-order chi connectivity index (χ0) is 16.2. The van der Waals surface area contributed by atoms with E-state index in [1.165, 1.54) is 35.5 Å². The third-order valence-electron chi connectivity index (χ3n) is 3.10. The molecule has 0 N–H and O–H groups in total. The molecule has 0 atom stereocenters. The van der Waals surface area contributed by atoms with Crippen molar-refractivity contribution in [2.24, 2.45) is 0 Å². The Bertz CT molecular complexity index is 646. The summed E-state index contributed by atoms with van der Waals surface area (Å²) in [6.07, 6.45) is 0. The Hall–Kier alpha value is -1.77. The lowest BCUT2D eigenvalue weighted by atomic mass is 10.2. The van der Waals surface area contributed by atoms with Crippen LogP contribution < -0.4 is 0 Å². The summed E-state index contributed by atoms with van der Waals surface area (Å²) in [7, 11) is -3.58. The number of hydrogen-bond acceptors (Lipinski definition) is 6. The summed E-state index contributed by atoms with van der Waals surface area (Å²) in [5.41, 5.74) is 0.196. The van der Waals surface area contributed by atoms with Crippen molar-refractivity contribution in [2.75, 3.05) is 32.9 Å². The van der Waals surface area contributed by atoms with E-state index in [0.29, 0.717) is 26.3 Å². The topological polar surface area (TPSA) is 90.0 Å². The summed E-state index contributed by atoms with van der Waals surface area (Å²) in [5, 5.41) is 0. The molecule has 0 saturated carbocycles. The van der Waals surface area contributed by atoms with E-state index in [0.717, 1.165) is 0 Å². The number of nitrogens with zero attached hydrogens (tertiary/aromatic N) is 1. The molecule has 0 unspecified atom stereocenters. The van der Waals surface area contributed by atoms with Gasteiger partial charge in [-0.2, -0.15) is 4.31 Å². The van der Waals surface area contributed by atoms with Crippen LogP contribution in [-0.2, 0) is 24.3 Å². The predicted octanol–water partition coefficient (Wildman–Crippen LogP) is 0.453. The highest BCUT2D eigenvalue weighted by Gasteiger charge is 2.26. The van der Waals surface area contributed by atoms with Crippen LogP contribution in [0, 0.1) is 0 Å². The molecule has 0 aliphatic carbocycles. The Morgan fingerprint density at radius 3 is 2.32 bits per heavy atom. The van der Waals surface area contributed by atoms with Gasteiger partial charge in [0.15, 0.2) is 5.78 Å². The molecule has 7 nitrogen and oxygen atoms in total. The Morgan fingerprint density at radius 2 is 1.77 bits per heavy atom. The number of morpholine rings is 1. The summed E-state index contributed by atoms with van der Waals surface area (Å²) in [6.45, 7) is 2.37. The number of ketones is 1. The normalized spacial score (nSPS) is 16.2. The molecule has 1 aromatic rings. The van der Waals surface area contributed by atoms with E-state index in [4.69, 9.17) is 9.47 Å². The van der Waals surface area contributed by atoms with Crippen molar-refractivity contribution < 1.29 is 27.5 Å². The van der Waals surface area contributed by atoms with Gasteiger partial charge < -0.3 is 9.47 Å². The van der Waals surface area contributed by atoms with Crippen molar-refractivity contribution in [3.8, 4) is 0 Å². The summed E-state index contributed by atoms with van der Waals surface area (Å²) in [6, 6.07) is 5.45. The third-order valence-corrected chi connectivity index (χ3v) is 5.02. The molecule has 1 saturated heterocycles. The molecule has 1 fully saturated rings. The molecular formula is C14H17NO6S. The molecule has 1 aliphatic rings. The first-order valence-electron chi connectivity index (χ1n) is 6.76. The molecule has 0 bridgehead atoms. The number of Topliss-reactive ketones (excluding diaryl/α,β-unsaturated/α-hetero) is 1. The van der Waals surface area contributed by atoms with Gasteiger partial charge in [-0.05, 0) is 31.2 Å². The Morgan fingerprint density at radius 1 is 1.18 bits per heavy atom. The lowest BCUT2D eigenvalue weighted by Gasteiger charge is -2.26. The van der Waals surface area contributed by atoms with E-state index in [1.807, 2.05) is 0 Å². The molecule has 120 valence electrons. The number of benzene rings is 1. The van der Waals surface area contributed by atoms with Gasteiger partial charge in [0.2, 0.25) is 10.0 Å². The molecule has 0 radical (unpaired) electrons. The van der Waals surface area contributed by atoms with Gasteiger partial charge in [0.25, 0.3) is 0 Å².